The first kappa shape index (κ1) is 14.9. The van der Waals surface area contributed by atoms with E-state index >= 15 is 0 Å². The monoisotopic (exact) mass is 234 g/mol. The first-order valence-electron chi connectivity index (χ1n) is 4.47. The Bertz CT molecular complexity index is 370. The summed E-state index contributed by atoms with van der Waals surface area (Å²) in [4.78, 5) is 21.8. The summed E-state index contributed by atoms with van der Waals surface area (Å²) < 4.78 is 0. The summed E-state index contributed by atoms with van der Waals surface area (Å²) in [5.74, 6) is -2.64. The molecule has 1 rings (SSSR count). The zero-order valence-electron chi connectivity index (χ0n) is 11.0. The number of hydrogen-bond donors (Lipinski definition) is 2. The van der Waals surface area contributed by atoms with Crippen LogP contribution in [0, 0.1) is 5.41 Å². The van der Waals surface area contributed by atoms with Gasteiger partial charge in [-0.05, 0) is 18.9 Å². The van der Waals surface area contributed by atoms with Crippen LogP contribution < -0.4 is 0 Å². The molecule has 0 heterocycles. The van der Waals surface area contributed by atoms with E-state index < -0.39 is 17.4 Å². The van der Waals surface area contributed by atoms with E-state index in [1.54, 1.807) is 30.3 Å². The average molecular weight is 235 g/mol. The number of rotatable bonds is 4. The second-order valence-electron chi connectivity index (χ2n) is 3.60. The molecule has 1 aromatic rings. The largest absolute Gasteiger partial charge is 2.00 e. The molecule has 16 heavy (non-hydrogen) atoms. The zero-order chi connectivity index (χ0) is 11.5. The van der Waals surface area contributed by atoms with E-state index in [1.807, 2.05) is 0 Å². The molecule has 0 radical (unpaired) electrons. The summed E-state index contributed by atoms with van der Waals surface area (Å²) >= 11 is 0. The van der Waals surface area contributed by atoms with Gasteiger partial charge in [0.2, 0.25) is 0 Å². The van der Waals surface area contributed by atoms with Crippen molar-refractivity contribution in [1.82, 2.24) is 0 Å². The molecular weight excluding hydrogens is 220 g/mol. The maximum absolute atomic E-state index is 10.9. The van der Waals surface area contributed by atoms with E-state index in [0.29, 0.717) is 5.56 Å². The number of carbonyl (C=O) groups is 2. The molecule has 0 fully saturated rings. The van der Waals surface area contributed by atoms with Gasteiger partial charge < -0.3 is 13.1 Å². The summed E-state index contributed by atoms with van der Waals surface area (Å²) in [7, 11) is 0. The summed E-state index contributed by atoms with van der Waals surface area (Å²) in [6.45, 7) is 1.21. The Hall–Kier alpha value is -1.07. The number of hydrogen-bond acceptors (Lipinski definition) is 2. The molecule has 0 aliphatic carbocycles. The van der Waals surface area contributed by atoms with E-state index in [0.717, 1.165) is 0 Å². The fraction of sp³-hybridized carbons (Fsp3) is 0.273. The van der Waals surface area contributed by atoms with E-state index in [1.165, 1.54) is 6.92 Å². The predicted octanol–water partition coefficient (Wildman–Crippen LogP) is 1.25. The minimum atomic E-state index is -1.76. The van der Waals surface area contributed by atoms with Gasteiger partial charge >= 0.3 is 35.0 Å². The van der Waals surface area contributed by atoms with E-state index in [2.05, 4.69) is 0 Å². The summed E-state index contributed by atoms with van der Waals surface area (Å²) in [6, 6.07) is 8.72. The molecule has 0 aliphatic heterocycles. The van der Waals surface area contributed by atoms with E-state index in [-0.39, 0.29) is 32.3 Å². The molecule has 0 spiro atoms. The second kappa shape index (κ2) is 5.86. The van der Waals surface area contributed by atoms with Crippen LogP contribution in [0.3, 0.4) is 0 Å². The molecule has 0 saturated carbocycles. The Kier molecular flexibility index (Phi) is 5.47. The van der Waals surface area contributed by atoms with Crippen molar-refractivity contribution < 1.29 is 22.7 Å². The Morgan fingerprint density at radius 2 is 1.62 bits per heavy atom. The predicted molar refractivity (Wildman–Crippen MR) is 61.5 cm³/mol. The van der Waals surface area contributed by atoms with Crippen molar-refractivity contribution in [2.45, 2.75) is 13.3 Å². The normalized spacial score (nSPS) is 10.3. The van der Waals surface area contributed by atoms with Gasteiger partial charge in [-0.3, -0.25) is 9.59 Å². The molecule has 4 nitrogen and oxygen atoms in total. The van der Waals surface area contributed by atoms with Crippen molar-refractivity contribution >= 4 is 35.0 Å². The SMILES string of the molecule is CC(Cc1ccccc1)(C(=O)O)C(=O)O.[H-].[H-].[Mg+2]. The first-order valence-corrected chi connectivity index (χ1v) is 4.47. The molecule has 0 bridgehead atoms. The van der Waals surface area contributed by atoms with Crippen LogP contribution in [0.15, 0.2) is 30.3 Å². The number of benzene rings is 1. The van der Waals surface area contributed by atoms with Gasteiger partial charge in [-0.15, -0.1) is 0 Å². The number of aliphatic carboxylic acids is 2. The fourth-order valence-corrected chi connectivity index (χ4v) is 1.25. The first-order chi connectivity index (χ1) is 6.97. The maximum atomic E-state index is 10.9. The molecule has 2 N–H and O–H groups in total. The summed E-state index contributed by atoms with van der Waals surface area (Å²) in [5, 5.41) is 17.8. The van der Waals surface area contributed by atoms with Crippen LogP contribution in [0.1, 0.15) is 15.3 Å². The van der Waals surface area contributed by atoms with Gasteiger partial charge in [-0.1, -0.05) is 30.3 Å². The van der Waals surface area contributed by atoms with Crippen molar-refractivity contribution in [3.63, 3.8) is 0 Å². The van der Waals surface area contributed by atoms with Crippen molar-refractivity contribution in [2.75, 3.05) is 0 Å². The molecule has 0 aromatic heterocycles. The molecule has 5 heteroatoms. The minimum Gasteiger partial charge on any atom is -1.00 e. The van der Waals surface area contributed by atoms with Gasteiger partial charge in [0.15, 0.2) is 5.41 Å². The third-order valence-electron chi connectivity index (χ3n) is 2.34. The van der Waals surface area contributed by atoms with Crippen molar-refractivity contribution in [3.05, 3.63) is 35.9 Å². The van der Waals surface area contributed by atoms with Crippen LogP contribution in [0.5, 0.6) is 0 Å². The third kappa shape index (κ3) is 3.21. The van der Waals surface area contributed by atoms with Gasteiger partial charge in [0.05, 0.1) is 0 Å². The standard InChI is InChI=1S/C11H12O4.Mg.2H/c1-11(9(12)13,10(14)15)7-8-5-3-2-4-6-8;;;/h2-6H,7H2,1H3,(H,12,13)(H,14,15);;;/q;+2;2*-1. The molecule has 0 amide bonds. The van der Waals surface area contributed by atoms with Crippen LogP contribution in [0.2, 0.25) is 0 Å². The molecule has 1 aromatic carbocycles. The van der Waals surface area contributed by atoms with Gasteiger partial charge in [-0.2, -0.15) is 0 Å². The van der Waals surface area contributed by atoms with Gasteiger partial charge in [0.25, 0.3) is 0 Å². The van der Waals surface area contributed by atoms with Crippen LogP contribution >= 0.6 is 0 Å². The minimum absolute atomic E-state index is 0. The Balaban J connectivity index is -0.000000750. The molecule has 0 atom stereocenters. The zero-order valence-corrected chi connectivity index (χ0v) is 10.4. The summed E-state index contributed by atoms with van der Waals surface area (Å²) in [6.07, 6.45) is -0.0154. The molecule has 84 valence electrons. The summed E-state index contributed by atoms with van der Waals surface area (Å²) in [5.41, 5.74) is -1.06. The van der Waals surface area contributed by atoms with Crippen LogP contribution in [0.25, 0.3) is 0 Å². The van der Waals surface area contributed by atoms with Gasteiger partial charge in [-0.25, -0.2) is 0 Å². The Labute approximate surface area is 112 Å². The molecule has 0 unspecified atom stereocenters. The molecule has 0 saturated heterocycles. The Morgan fingerprint density at radius 3 is 2.00 bits per heavy atom. The average Bonchev–Trinajstić information content (AvgIpc) is 2.18. The van der Waals surface area contributed by atoms with E-state index in [9.17, 15) is 9.59 Å². The quantitative estimate of drug-likeness (QED) is 0.607. The molecule has 0 aliphatic rings. The van der Waals surface area contributed by atoms with Crippen molar-refractivity contribution in [3.8, 4) is 0 Å². The molecular formula is C11H14MgO4. The van der Waals surface area contributed by atoms with Crippen molar-refractivity contribution in [2.24, 2.45) is 5.41 Å². The Morgan fingerprint density at radius 1 is 1.19 bits per heavy atom. The number of carboxylic acids is 2. The topological polar surface area (TPSA) is 74.6 Å². The van der Waals surface area contributed by atoms with E-state index in [4.69, 9.17) is 10.2 Å². The second-order valence-corrected chi connectivity index (χ2v) is 3.60. The fourth-order valence-electron chi connectivity index (χ4n) is 1.25. The van der Waals surface area contributed by atoms with Crippen LogP contribution in [-0.4, -0.2) is 45.2 Å². The van der Waals surface area contributed by atoms with Gasteiger partial charge in [0.1, 0.15) is 0 Å². The number of carboxylic acid groups (broad SMARTS) is 2. The van der Waals surface area contributed by atoms with Crippen LogP contribution in [0.4, 0.5) is 0 Å². The van der Waals surface area contributed by atoms with Crippen LogP contribution in [-0.2, 0) is 16.0 Å². The maximum Gasteiger partial charge on any atom is 2.00 e. The third-order valence-corrected chi connectivity index (χ3v) is 2.34. The van der Waals surface area contributed by atoms with Crippen molar-refractivity contribution in [1.29, 1.82) is 0 Å². The smallest absolute Gasteiger partial charge is 1.00 e. The van der Waals surface area contributed by atoms with Gasteiger partial charge in [0, 0.05) is 0 Å².